The van der Waals surface area contributed by atoms with Crippen LogP contribution >= 0.6 is 24.0 Å². The van der Waals surface area contributed by atoms with Gasteiger partial charge in [-0.05, 0) is 31.0 Å². The number of benzene rings is 1. The van der Waals surface area contributed by atoms with Crippen LogP contribution in [0.4, 0.5) is 5.69 Å². The quantitative estimate of drug-likeness (QED) is 0.808. The normalized spacial score (nSPS) is 15.8. The van der Waals surface area contributed by atoms with Crippen molar-refractivity contribution in [2.45, 2.75) is 45.1 Å². The van der Waals surface area contributed by atoms with Crippen molar-refractivity contribution in [3.8, 4) is 0 Å². The smallest absolute Gasteiger partial charge is 0.255 e. The molecule has 1 unspecified atom stereocenters. The van der Waals surface area contributed by atoms with Crippen molar-refractivity contribution >= 4 is 41.5 Å². The van der Waals surface area contributed by atoms with E-state index in [0.717, 1.165) is 12.8 Å². The third-order valence-corrected chi connectivity index (χ3v) is 5.02. The lowest BCUT2D eigenvalue weighted by atomic mass is 9.94. The summed E-state index contributed by atoms with van der Waals surface area (Å²) in [6.45, 7) is 2.04. The highest BCUT2D eigenvalue weighted by Gasteiger charge is 2.24. The minimum Gasteiger partial charge on any atom is -0.339 e. The maximum absolute atomic E-state index is 12.7. The van der Waals surface area contributed by atoms with E-state index < -0.39 is 0 Å². The van der Waals surface area contributed by atoms with Gasteiger partial charge in [-0.1, -0.05) is 37.8 Å². The average molecular weight is 388 g/mol. The van der Waals surface area contributed by atoms with Crippen LogP contribution in [-0.2, 0) is 4.79 Å². The monoisotopic (exact) mass is 387 g/mol. The van der Waals surface area contributed by atoms with Gasteiger partial charge in [0, 0.05) is 31.2 Å². The molecule has 3 N–H and O–H groups in total. The highest BCUT2D eigenvalue weighted by atomic mass is 35.5. The summed E-state index contributed by atoms with van der Waals surface area (Å²) in [6, 6.07) is 5.28. The second-order valence-electron chi connectivity index (χ2n) is 6.53. The lowest BCUT2D eigenvalue weighted by Crippen LogP contribution is -2.38. The largest absolute Gasteiger partial charge is 0.339 e. The van der Waals surface area contributed by atoms with Crippen molar-refractivity contribution in [1.82, 2.24) is 4.90 Å². The molecule has 1 aromatic rings. The van der Waals surface area contributed by atoms with Crippen LogP contribution in [0.25, 0.3) is 0 Å². The Hall–Kier alpha value is -1.30. The highest BCUT2D eigenvalue weighted by molar-refractivity contribution is 6.34. The van der Waals surface area contributed by atoms with Crippen LogP contribution in [0, 0.1) is 5.92 Å². The van der Waals surface area contributed by atoms with Gasteiger partial charge in [0.25, 0.3) is 5.91 Å². The molecule has 0 aromatic heterocycles. The lowest BCUT2D eigenvalue weighted by molar-refractivity contribution is -0.119. The van der Waals surface area contributed by atoms with E-state index in [1.807, 2.05) is 7.05 Å². The van der Waals surface area contributed by atoms with E-state index in [-0.39, 0.29) is 42.7 Å². The van der Waals surface area contributed by atoms with E-state index in [9.17, 15) is 9.59 Å². The summed E-state index contributed by atoms with van der Waals surface area (Å²) < 4.78 is 0. The summed E-state index contributed by atoms with van der Waals surface area (Å²) in [5.41, 5.74) is 6.53. The van der Waals surface area contributed by atoms with Gasteiger partial charge in [-0.2, -0.15) is 0 Å². The fourth-order valence-electron chi connectivity index (χ4n) is 2.96. The molecular formula is C18H27Cl2N3O2. The number of rotatable bonds is 5. The van der Waals surface area contributed by atoms with Crippen molar-refractivity contribution in [3.63, 3.8) is 0 Å². The zero-order valence-corrected chi connectivity index (χ0v) is 16.3. The van der Waals surface area contributed by atoms with Crippen LogP contribution < -0.4 is 11.1 Å². The van der Waals surface area contributed by atoms with Gasteiger partial charge in [0.05, 0.1) is 10.6 Å². The molecule has 0 spiro atoms. The number of halogens is 2. The minimum absolute atomic E-state index is 0. The molecule has 1 saturated carbocycles. The van der Waals surface area contributed by atoms with Crippen LogP contribution in [0.15, 0.2) is 18.2 Å². The van der Waals surface area contributed by atoms with Crippen LogP contribution in [-0.4, -0.2) is 36.3 Å². The molecular weight excluding hydrogens is 361 g/mol. The third kappa shape index (κ3) is 5.59. The maximum Gasteiger partial charge on any atom is 0.255 e. The molecule has 0 saturated heterocycles. The molecule has 7 heteroatoms. The first-order chi connectivity index (χ1) is 11.4. The van der Waals surface area contributed by atoms with Gasteiger partial charge >= 0.3 is 0 Å². The van der Waals surface area contributed by atoms with E-state index in [0.29, 0.717) is 16.3 Å². The first kappa shape index (κ1) is 21.7. The van der Waals surface area contributed by atoms with Crippen LogP contribution in [0.2, 0.25) is 5.02 Å². The molecule has 0 radical (unpaired) electrons. The van der Waals surface area contributed by atoms with Crippen molar-refractivity contribution in [2.75, 3.05) is 18.9 Å². The number of nitrogens with one attached hydrogen (secondary N) is 1. The number of hydrogen-bond acceptors (Lipinski definition) is 3. The Kier molecular flexibility index (Phi) is 8.69. The topological polar surface area (TPSA) is 75.4 Å². The fourth-order valence-corrected chi connectivity index (χ4v) is 3.22. The Morgan fingerprint density at radius 2 is 1.96 bits per heavy atom. The third-order valence-electron chi connectivity index (χ3n) is 4.71. The summed E-state index contributed by atoms with van der Waals surface area (Å²) in [5, 5.41) is 3.11. The van der Waals surface area contributed by atoms with Gasteiger partial charge in [-0.25, -0.2) is 0 Å². The Morgan fingerprint density at radius 1 is 1.32 bits per heavy atom. The van der Waals surface area contributed by atoms with E-state index in [1.165, 1.54) is 19.3 Å². The number of nitrogens with two attached hydrogens (primary N) is 1. The number of carbonyl (C=O) groups is 2. The van der Waals surface area contributed by atoms with Gasteiger partial charge in [0.15, 0.2) is 0 Å². The zero-order valence-electron chi connectivity index (χ0n) is 14.8. The van der Waals surface area contributed by atoms with Gasteiger partial charge in [0.2, 0.25) is 5.91 Å². The molecule has 0 heterocycles. The minimum atomic E-state index is -0.275. The van der Waals surface area contributed by atoms with Crippen molar-refractivity contribution in [3.05, 3.63) is 28.8 Å². The SMILES string of the molecule is CC(CN)C(=O)Nc1ccc(C(=O)N(C)C2CCCCC2)c(Cl)c1.Cl. The number of nitrogens with zero attached hydrogens (tertiary/aromatic N) is 1. The summed E-state index contributed by atoms with van der Waals surface area (Å²) >= 11 is 6.28. The number of anilines is 1. The predicted molar refractivity (Wildman–Crippen MR) is 105 cm³/mol. The molecule has 1 aliphatic carbocycles. The molecule has 140 valence electrons. The van der Waals surface area contributed by atoms with E-state index >= 15 is 0 Å². The van der Waals surface area contributed by atoms with Crippen LogP contribution in [0.5, 0.6) is 0 Å². The van der Waals surface area contributed by atoms with E-state index in [4.69, 9.17) is 17.3 Å². The Labute approximate surface area is 160 Å². The summed E-state index contributed by atoms with van der Waals surface area (Å²) in [5.74, 6) is -0.505. The number of amides is 2. The molecule has 5 nitrogen and oxygen atoms in total. The Balaban J connectivity index is 0.00000312. The van der Waals surface area contributed by atoms with Gasteiger partial charge in [-0.15, -0.1) is 12.4 Å². The summed E-state index contributed by atoms with van der Waals surface area (Å²) in [4.78, 5) is 26.4. The van der Waals surface area contributed by atoms with Crippen LogP contribution in [0.1, 0.15) is 49.4 Å². The number of hydrogen-bond donors (Lipinski definition) is 2. The molecule has 0 bridgehead atoms. The molecule has 1 fully saturated rings. The number of carbonyl (C=O) groups excluding carboxylic acids is 2. The maximum atomic E-state index is 12.7. The molecule has 1 atom stereocenters. The zero-order chi connectivity index (χ0) is 17.7. The Morgan fingerprint density at radius 3 is 2.52 bits per heavy atom. The lowest BCUT2D eigenvalue weighted by Gasteiger charge is -2.31. The van der Waals surface area contributed by atoms with E-state index in [1.54, 1.807) is 30.0 Å². The van der Waals surface area contributed by atoms with Gasteiger partial charge in [-0.3, -0.25) is 9.59 Å². The Bertz CT molecular complexity index is 604. The van der Waals surface area contributed by atoms with Crippen LogP contribution in [0.3, 0.4) is 0 Å². The second kappa shape index (κ2) is 10.00. The first-order valence-corrected chi connectivity index (χ1v) is 8.89. The fraction of sp³-hybridized carbons (Fsp3) is 0.556. The first-order valence-electron chi connectivity index (χ1n) is 8.51. The van der Waals surface area contributed by atoms with Gasteiger partial charge in [0.1, 0.15) is 0 Å². The predicted octanol–water partition coefficient (Wildman–Crippen LogP) is 3.70. The van der Waals surface area contributed by atoms with Crippen molar-refractivity contribution < 1.29 is 9.59 Å². The molecule has 2 rings (SSSR count). The molecule has 1 aromatic carbocycles. The average Bonchev–Trinajstić information content (AvgIpc) is 2.60. The molecule has 0 aliphatic heterocycles. The standard InChI is InChI=1S/C18H26ClN3O2.ClH/c1-12(11-20)17(23)21-13-8-9-15(16(19)10-13)18(24)22(2)14-6-4-3-5-7-14;/h8-10,12,14H,3-7,11,20H2,1-2H3,(H,21,23);1H. The van der Waals surface area contributed by atoms with Gasteiger partial charge < -0.3 is 16.0 Å². The highest BCUT2D eigenvalue weighted by Crippen LogP contribution is 2.26. The van der Waals surface area contributed by atoms with E-state index in [2.05, 4.69) is 5.32 Å². The second-order valence-corrected chi connectivity index (χ2v) is 6.94. The molecule has 25 heavy (non-hydrogen) atoms. The molecule has 2 amide bonds. The summed E-state index contributed by atoms with van der Waals surface area (Å²) in [7, 11) is 1.84. The van der Waals surface area contributed by atoms with Crippen molar-refractivity contribution in [2.24, 2.45) is 11.7 Å². The molecule has 1 aliphatic rings. The van der Waals surface area contributed by atoms with Crippen molar-refractivity contribution in [1.29, 1.82) is 0 Å². The summed E-state index contributed by atoms with van der Waals surface area (Å²) in [6.07, 6.45) is 5.67.